The SMILES string of the molecule is CC(O)c1ccc2ccccc2c1OCc1ccccc1. The quantitative estimate of drug-likeness (QED) is 0.763. The second-order valence-corrected chi connectivity index (χ2v) is 5.16. The molecule has 3 aromatic carbocycles. The lowest BCUT2D eigenvalue weighted by molar-refractivity contribution is 0.191. The van der Waals surface area contributed by atoms with Crippen molar-refractivity contribution in [1.29, 1.82) is 0 Å². The first kappa shape index (κ1) is 13.7. The summed E-state index contributed by atoms with van der Waals surface area (Å²) in [4.78, 5) is 0. The fourth-order valence-corrected chi connectivity index (χ4v) is 2.48. The minimum absolute atomic E-state index is 0.495. The van der Waals surface area contributed by atoms with E-state index in [4.69, 9.17) is 4.74 Å². The molecule has 0 aliphatic heterocycles. The van der Waals surface area contributed by atoms with Crippen molar-refractivity contribution in [3.05, 3.63) is 77.9 Å². The maximum atomic E-state index is 9.98. The predicted octanol–water partition coefficient (Wildman–Crippen LogP) is 4.47. The van der Waals surface area contributed by atoms with Gasteiger partial charge >= 0.3 is 0 Å². The Bertz CT molecular complexity index is 733. The molecule has 0 aromatic heterocycles. The first-order chi connectivity index (χ1) is 10.3. The maximum Gasteiger partial charge on any atom is 0.133 e. The number of benzene rings is 3. The molecule has 0 fully saturated rings. The highest BCUT2D eigenvalue weighted by Gasteiger charge is 2.13. The molecule has 1 N–H and O–H groups in total. The zero-order valence-electron chi connectivity index (χ0n) is 12.0. The van der Waals surface area contributed by atoms with Crippen LogP contribution in [0.3, 0.4) is 0 Å². The number of aliphatic hydroxyl groups is 1. The van der Waals surface area contributed by atoms with Gasteiger partial charge in [0.15, 0.2) is 0 Å². The summed E-state index contributed by atoms with van der Waals surface area (Å²) in [7, 11) is 0. The molecule has 0 bridgehead atoms. The number of fused-ring (bicyclic) bond motifs is 1. The fraction of sp³-hybridized carbons (Fsp3) is 0.158. The Hall–Kier alpha value is -2.32. The molecule has 0 aliphatic rings. The monoisotopic (exact) mass is 278 g/mol. The minimum Gasteiger partial charge on any atom is -0.488 e. The normalized spacial score (nSPS) is 12.3. The first-order valence-electron chi connectivity index (χ1n) is 7.12. The van der Waals surface area contributed by atoms with Crippen LogP contribution in [-0.4, -0.2) is 5.11 Å². The van der Waals surface area contributed by atoms with Crippen LogP contribution in [0.5, 0.6) is 5.75 Å². The van der Waals surface area contributed by atoms with Crippen LogP contribution in [0.25, 0.3) is 10.8 Å². The van der Waals surface area contributed by atoms with Gasteiger partial charge < -0.3 is 9.84 Å². The van der Waals surface area contributed by atoms with Gasteiger partial charge in [-0.25, -0.2) is 0 Å². The van der Waals surface area contributed by atoms with Gasteiger partial charge in [0.05, 0.1) is 6.10 Å². The Morgan fingerprint density at radius 3 is 2.38 bits per heavy atom. The zero-order valence-corrected chi connectivity index (χ0v) is 12.0. The molecule has 0 spiro atoms. The van der Waals surface area contributed by atoms with Crippen molar-refractivity contribution in [2.75, 3.05) is 0 Å². The lowest BCUT2D eigenvalue weighted by atomic mass is 10.0. The van der Waals surface area contributed by atoms with Crippen LogP contribution in [0.1, 0.15) is 24.2 Å². The van der Waals surface area contributed by atoms with E-state index >= 15 is 0 Å². The topological polar surface area (TPSA) is 29.5 Å². The summed E-state index contributed by atoms with van der Waals surface area (Å²) in [6.07, 6.45) is -0.555. The first-order valence-corrected chi connectivity index (χ1v) is 7.12. The van der Waals surface area contributed by atoms with Gasteiger partial charge in [-0.3, -0.25) is 0 Å². The van der Waals surface area contributed by atoms with Gasteiger partial charge in [-0.05, 0) is 17.9 Å². The highest BCUT2D eigenvalue weighted by Crippen LogP contribution is 2.34. The van der Waals surface area contributed by atoms with Crippen molar-refractivity contribution in [2.45, 2.75) is 19.6 Å². The molecule has 0 saturated heterocycles. The van der Waals surface area contributed by atoms with Crippen molar-refractivity contribution < 1.29 is 9.84 Å². The van der Waals surface area contributed by atoms with Crippen LogP contribution in [0, 0.1) is 0 Å². The van der Waals surface area contributed by atoms with E-state index in [1.165, 1.54) is 0 Å². The third-order valence-electron chi connectivity index (χ3n) is 3.59. The fourth-order valence-electron chi connectivity index (χ4n) is 2.48. The lowest BCUT2D eigenvalue weighted by Gasteiger charge is -2.16. The summed E-state index contributed by atoms with van der Waals surface area (Å²) in [5.74, 6) is 0.770. The van der Waals surface area contributed by atoms with E-state index in [1.54, 1.807) is 6.92 Å². The standard InChI is InChI=1S/C19H18O2/c1-14(20)17-12-11-16-9-5-6-10-18(16)19(17)21-13-15-7-3-2-4-8-15/h2-12,14,20H,13H2,1H3. The number of aliphatic hydroxyl groups excluding tert-OH is 1. The van der Waals surface area contributed by atoms with E-state index in [0.717, 1.165) is 27.6 Å². The second-order valence-electron chi connectivity index (χ2n) is 5.16. The van der Waals surface area contributed by atoms with Crippen molar-refractivity contribution in [2.24, 2.45) is 0 Å². The molecule has 0 heterocycles. The Balaban J connectivity index is 2.00. The van der Waals surface area contributed by atoms with Crippen LogP contribution in [0.15, 0.2) is 66.7 Å². The third-order valence-corrected chi connectivity index (χ3v) is 3.59. The van der Waals surface area contributed by atoms with Gasteiger partial charge in [0, 0.05) is 10.9 Å². The summed E-state index contributed by atoms with van der Waals surface area (Å²) in [5, 5.41) is 12.1. The van der Waals surface area contributed by atoms with Crippen LogP contribution in [0.2, 0.25) is 0 Å². The van der Waals surface area contributed by atoms with E-state index in [0.29, 0.717) is 6.61 Å². The average Bonchev–Trinajstić information content (AvgIpc) is 2.53. The molecule has 3 aromatic rings. The Kier molecular flexibility index (Phi) is 3.89. The molecule has 0 amide bonds. The Labute approximate surface area is 124 Å². The average molecular weight is 278 g/mol. The molecular weight excluding hydrogens is 260 g/mol. The second kappa shape index (κ2) is 5.98. The molecule has 21 heavy (non-hydrogen) atoms. The number of hydrogen-bond donors (Lipinski definition) is 1. The van der Waals surface area contributed by atoms with Crippen LogP contribution in [0.4, 0.5) is 0 Å². The number of ether oxygens (including phenoxy) is 1. The summed E-state index contributed by atoms with van der Waals surface area (Å²) < 4.78 is 6.04. The molecule has 0 radical (unpaired) electrons. The van der Waals surface area contributed by atoms with Gasteiger partial charge in [0.1, 0.15) is 12.4 Å². The molecule has 3 rings (SSSR count). The zero-order chi connectivity index (χ0) is 14.7. The third kappa shape index (κ3) is 2.91. The van der Waals surface area contributed by atoms with Crippen LogP contribution < -0.4 is 4.74 Å². The lowest BCUT2D eigenvalue weighted by Crippen LogP contribution is -2.01. The largest absolute Gasteiger partial charge is 0.488 e. The molecular formula is C19H18O2. The molecule has 106 valence electrons. The molecule has 0 aliphatic carbocycles. The molecule has 2 nitrogen and oxygen atoms in total. The van der Waals surface area contributed by atoms with Crippen molar-refractivity contribution >= 4 is 10.8 Å². The maximum absolute atomic E-state index is 9.98. The van der Waals surface area contributed by atoms with E-state index < -0.39 is 6.10 Å². The smallest absolute Gasteiger partial charge is 0.133 e. The summed E-state index contributed by atoms with van der Waals surface area (Å²) in [5.41, 5.74) is 1.94. The molecule has 2 heteroatoms. The molecule has 1 unspecified atom stereocenters. The molecule has 1 atom stereocenters. The Morgan fingerprint density at radius 2 is 1.62 bits per heavy atom. The van der Waals surface area contributed by atoms with Crippen molar-refractivity contribution in [3.63, 3.8) is 0 Å². The van der Waals surface area contributed by atoms with E-state index in [1.807, 2.05) is 60.7 Å². The highest BCUT2D eigenvalue weighted by atomic mass is 16.5. The number of rotatable bonds is 4. The van der Waals surface area contributed by atoms with Crippen molar-refractivity contribution in [1.82, 2.24) is 0 Å². The van der Waals surface area contributed by atoms with E-state index in [2.05, 4.69) is 6.07 Å². The van der Waals surface area contributed by atoms with Gasteiger partial charge in [-0.15, -0.1) is 0 Å². The van der Waals surface area contributed by atoms with E-state index in [9.17, 15) is 5.11 Å². The van der Waals surface area contributed by atoms with Crippen LogP contribution >= 0.6 is 0 Å². The minimum atomic E-state index is -0.555. The van der Waals surface area contributed by atoms with Crippen LogP contribution in [-0.2, 0) is 6.61 Å². The Morgan fingerprint density at radius 1 is 0.905 bits per heavy atom. The van der Waals surface area contributed by atoms with Gasteiger partial charge in [-0.2, -0.15) is 0 Å². The summed E-state index contributed by atoms with van der Waals surface area (Å²) in [6, 6.07) is 22.1. The van der Waals surface area contributed by atoms with Gasteiger partial charge in [-0.1, -0.05) is 66.7 Å². The van der Waals surface area contributed by atoms with E-state index in [-0.39, 0.29) is 0 Å². The predicted molar refractivity (Wildman–Crippen MR) is 85.4 cm³/mol. The molecule has 0 saturated carbocycles. The summed E-state index contributed by atoms with van der Waals surface area (Å²) in [6.45, 7) is 2.26. The summed E-state index contributed by atoms with van der Waals surface area (Å²) >= 11 is 0. The van der Waals surface area contributed by atoms with Crippen molar-refractivity contribution in [3.8, 4) is 5.75 Å². The highest BCUT2D eigenvalue weighted by molar-refractivity contribution is 5.89. The number of hydrogen-bond acceptors (Lipinski definition) is 2. The van der Waals surface area contributed by atoms with Gasteiger partial charge in [0.2, 0.25) is 0 Å². The van der Waals surface area contributed by atoms with Gasteiger partial charge in [0.25, 0.3) is 0 Å².